The fourth-order valence-corrected chi connectivity index (χ4v) is 1.97. The van der Waals surface area contributed by atoms with Crippen LogP contribution in [0.25, 0.3) is 5.95 Å². The highest BCUT2D eigenvalue weighted by Crippen LogP contribution is 2.37. The monoisotopic (exact) mass is 264 g/mol. The summed E-state index contributed by atoms with van der Waals surface area (Å²) in [6.45, 7) is 3.12. The number of aromatic nitrogens is 5. The topological polar surface area (TPSA) is 68.5 Å². The van der Waals surface area contributed by atoms with Crippen molar-refractivity contribution in [2.75, 3.05) is 11.9 Å². The van der Waals surface area contributed by atoms with Crippen LogP contribution >= 0.6 is 11.6 Å². The third-order valence-corrected chi connectivity index (χ3v) is 3.30. The lowest BCUT2D eigenvalue weighted by atomic mass is 10.3. The van der Waals surface area contributed by atoms with Crippen LogP contribution in [0.3, 0.4) is 0 Å². The van der Waals surface area contributed by atoms with E-state index in [1.54, 1.807) is 23.3 Å². The summed E-state index contributed by atoms with van der Waals surface area (Å²) in [6.07, 6.45) is 6.31. The Morgan fingerprint density at radius 1 is 1.44 bits per heavy atom. The van der Waals surface area contributed by atoms with Gasteiger partial charge in [0.2, 0.25) is 17.2 Å². The largest absolute Gasteiger partial charge is 0.354 e. The molecule has 0 bridgehead atoms. The highest BCUT2D eigenvalue weighted by molar-refractivity contribution is 6.28. The number of nitrogens with zero attached hydrogens (tertiary/aromatic N) is 5. The molecule has 1 fully saturated rings. The van der Waals surface area contributed by atoms with Crippen LogP contribution in [0.1, 0.15) is 13.3 Å². The maximum absolute atomic E-state index is 5.89. The second kappa shape index (κ2) is 4.53. The van der Waals surface area contributed by atoms with Crippen molar-refractivity contribution in [2.24, 2.45) is 11.8 Å². The Balaban J connectivity index is 1.77. The number of hydrogen-bond donors (Lipinski definition) is 1. The van der Waals surface area contributed by atoms with Crippen molar-refractivity contribution >= 4 is 17.5 Å². The summed E-state index contributed by atoms with van der Waals surface area (Å²) in [5.41, 5.74) is 0. The first-order valence-electron chi connectivity index (χ1n) is 5.86. The molecule has 0 saturated heterocycles. The third kappa shape index (κ3) is 2.43. The van der Waals surface area contributed by atoms with Crippen LogP contribution in [-0.2, 0) is 0 Å². The average Bonchev–Trinajstić information content (AvgIpc) is 2.83. The minimum atomic E-state index is 0.181. The Morgan fingerprint density at radius 2 is 2.28 bits per heavy atom. The van der Waals surface area contributed by atoms with Crippen molar-refractivity contribution in [1.29, 1.82) is 0 Å². The SMILES string of the molecule is CC1CC1CNc1nc(Cl)nc(-n2ccnc2)n1. The van der Waals surface area contributed by atoms with Crippen molar-refractivity contribution in [3.63, 3.8) is 0 Å². The van der Waals surface area contributed by atoms with E-state index in [-0.39, 0.29) is 5.28 Å². The van der Waals surface area contributed by atoms with E-state index < -0.39 is 0 Å². The molecule has 1 aliphatic carbocycles. The number of anilines is 1. The van der Waals surface area contributed by atoms with Gasteiger partial charge in [-0.25, -0.2) is 4.98 Å². The quantitative estimate of drug-likeness (QED) is 0.912. The molecule has 0 aromatic carbocycles. The summed E-state index contributed by atoms with van der Waals surface area (Å²) in [4.78, 5) is 16.4. The zero-order chi connectivity index (χ0) is 12.5. The van der Waals surface area contributed by atoms with E-state index >= 15 is 0 Å². The molecular weight excluding hydrogens is 252 g/mol. The summed E-state index contributed by atoms with van der Waals surface area (Å²) in [7, 11) is 0. The molecule has 1 N–H and O–H groups in total. The summed E-state index contributed by atoms with van der Waals surface area (Å²) in [6, 6.07) is 0. The number of rotatable bonds is 4. The van der Waals surface area contributed by atoms with Crippen molar-refractivity contribution in [3.8, 4) is 5.95 Å². The molecule has 7 heteroatoms. The van der Waals surface area contributed by atoms with Crippen LogP contribution in [0.15, 0.2) is 18.7 Å². The van der Waals surface area contributed by atoms with Gasteiger partial charge in [-0.1, -0.05) is 6.92 Å². The molecule has 2 aromatic rings. The standard InChI is InChI=1S/C11H13ClN6/c1-7-4-8(7)5-14-10-15-9(12)16-11(17-10)18-3-2-13-6-18/h2-3,6-8H,4-5H2,1H3,(H,14,15,16,17). The van der Waals surface area contributed by atoms with E-state index in [2.05, 4.69) is 32.2 Å². The van der Waals surface area contributed by atoms with E-state index in [1.165, 1.54) is 6.42 Å². The van der Waals surface area contributed by atoms with Crippen LogP contribution in [0.2, 0.25) is 5.28 Å². The van der Waals surface area contributed by atoms with Gasteiger partial charge < -0.3 is 5.32 Å². The Kier molecular flexibility index (Phi) is 2.87. The average molecular weight is 265 g/mol. The third-order valence-electron chi connectivity index (χ3n) is 3.13. The molecule has 18 heavy (non-hydrogen) atoms. The minimum Gasteiger partial charge on any atom is -0.354 e. The fourth-order valence-electron chi connectivity index (χ4n) is 1.82. The Hall–Kier alpha value is -1.69. The first-order chi connectivity index (χ1) is 8.72. The van der Waals surface area contributed by atoms with Crippen molar-refractivity contribution in [1.82, 2.24) is 24.5 Å². The lowest BCUT2D eigenvalue weighted by molar-refractivity contribution is 0.776. The predicted molar refractivity (Wildman–Crippen MR) is 67.7 cm³/mol. The van der Waals surface area contributed by atoms with Gasteiger partial charge in [-0.05, 0) is 29.9 Å². The smallest absolute Gasteiger partial charge is 0.241 e. The molecule has 2 unspecified atom stereocenters. The van der Waals surface area contributed by atoms with Gasteiger partial charge in [0.15, 0.2) is 0 Å². The number of imidazole rings is 1. The van der Waals surface area contributed by atoms with E-state index in [4.69, 9.17) is 11.6 Å². The van der Waals surface area contributed by atoms with Gasteiger partial charge in [0, 0.05) is 18.9 Å². The van der Waals surface area contributed by atoms with Crippen molar-refractivity contribution in [2.45, 2.75) is 13.3 Å². The molecule has 1 saturated carbocycles. The summed E-state index contributed by atoms with van der Waals surface area (Å²) in [5.74, 6) is 2.50. The zero-order valence-corrected chi connectivity index (χ0v) is 10.7. The van der Waals surface area contributed by atoms with E-state index in [0.29, 0.717) is 11.9 Å². The van der Waals surface area contributed by atoms with E-state index in [0.717, 1.165) is 18.4 Å². The molecule has 0 aliphatic heterocycles. The molecule has 0 amide bonds. The maximum atomic E-state index is 5.89. The molecule has 2 heterocycles. The molecule has 1 aliphatic rings. The number of halogens is 1. The molecular formula is C11H13ClN6. The second-order valence-corrected chi connectivity index (χ2v) is 4.89. The second-order valence-electron chi connectivity index (χ2n) is 4.55. The molecule has 0 radical (unpaired) electrons. The number of nitrogens with one attached hydrogen (secondary N) is 1. The molecule has 3 rings (SSSR count). The van der Waals surface area contributed by atoms with Crippen molar-refractivity contribution in [3.05, 3.63) is 24.0 Å². The van der Waals surface area contributed by atoms with Crippen LogP contribution < -0.4 is 5.32 Å². The van der Waals surface area contributed by atoms with Crippen LogP contribution in [-0.4, -0.2) is 31.0 Å². The van der Waals surface area contributed by atoms with Gasteiger partial charge in [0.05, 0.1) is 0 Å². The van der Waals surface area contributed by atoms with Crippen molar-refractivity contribution < 1.29 is 0 Å². The normalized spacial score (nSPS) is 21.9. The van der Waals surface area contributed by atoms with Gasteiger partial charge in [0.1, 0.15) is 6.33 Å². The van der Waals surface area contributed by atoms with Crippen LogP contribution in [0, 0.1) is 11.8 Å². The van der Waals surface area contributed by atoms with Gasteiger partial charge in [-0.3, -0.25) is 4.57 Å². The zero-order valence-electron chi connectivity index (χ0n) is 9.91. The van der Waals surface area contributed by atoms with Crippen LogP contribution in [0.4, 0.5) is 5.95 Å². The molecule has 2 aromatic heterocycles. The summed E-state index contributed by atoms with van der Waals surface area (Å²) in [5, 5.41) is 3.38. The van der Waals surface area contributed by atoms with Gasteiger partial charge in [-0.15, -0.1) is 0 Å². The van der Waals surface area contributed by atoms with Crippen LogP contribution in [0.5, 0.6) is 0 Å². The number of hydrogen-bond acceptors (Lipinski definition) is 5. The lowest BCUT2D eigenvalue weighted by Gasteiger charge is -2.06. The predicted octanol–water partition coefficient (Wildman–Crippen LogP) is 1.78. The Labute approximate surface area is 109 Å². The summed E-state index contributed by atoms with van der Waals surface area (Å²) < 4.78 is 1.69. The Morgan fingerprint density at radius 3 is 2.94 bits per heavy atom. The highest BCUT2D eigenvalue weighted by atomic mass is 35.5. The fraction of sp³-hybridized carbons (Fsp3) is 0.455. The molecule has 0 spiro atoms. The molecule has 2 atom stereocenters. The lowest BCUT2D eigenvalue weighted by Crippen LogP contribution is -2.11. The minimum absolute atomic E-state index is 0.181. The maximum Gasteiger partial charge on any atom is 0.241 e. The van der Waals surface area contributed by atoms with Gasteiger partial charge >= 0.3 is 0 Å². The first kappa shape index (κ1) is 11.4. The van der Waals surface area contributed by atoms with Gasteiger partial charge in [-0.2, -0.15) is 15.0 Å². The highest BCUT2D eigenvalue weighted by Gasteiger charge is 2.32. The molecule has 94 valence electrons. The molecule has 6 nitrogen and oxygen atoms in total. The van der Waals surface area contributed by atoms with E-state index in [9.17, 15) is 0 Å². The summed E-state index contributed by atoms with van der Waals surface area (Å²) >= 11 is 5.89. The Bertz CT molecular complexity index is 540. The first-order valence-corrected chi connectivity index (χ1v) is 6.24. The van der Waals surface area contributed by atoms with E-state index in [1.807, 2.05) is 0 Å². The van der Waals surface area contributed by atoms with Gasteiger partial charge in [0.25, 0.3) is 0 Å².